The number of nitrogens with zero attached hydrogens (tertiary/aromatic N) is 2. The third kappa shape index (κ3) is 4.70. The van der Waals surface area contributed by atoms with E-state index in [-0.39, 0.29) is 23.8 Å². The van der Waals surface area contributed by atoms with Gasteiger partial charge in [0.05, 0.1) is 0 Å². The van der Waals surface area contributed by atoms with E-state index in [0.717, 1.165) is 12.1 Å². The number of likely N-dealkylation sites (tertiary alicyclic amines) is 1. The summed E-state index contributed by atoms with van der Waals surface area (Å²) in [6, 6.07) is 5.38. The molecule has 1 unspecified atom stereocenters. The normalized spacial score (nSPS) is 22.6. The molecule has 2 bridgehead atoms. The Labute approximate surface area is 178 Å². The molecule has 3 rings (SSSR count). The van der Waals surface area contributed by atoms with Crippen LogP contribution in [0.15, 0.2) is 23.0 Å². The number of aromatic nitrogens is 1. The van der Waals surface area contributed by atoms with Gasteiger partial charge in [-0.3, -0.25) is 9.59 Å². The summed E-state index contributed by atoms with van der Waals surface area (Å²) >= 11 is 23.5. The first-order chi connectivity index (χ1) is 12.7. The average Bonchev–Trinajstić information content (AvgIpc) is 2.61. The van der Waals surface area contributed by atoms with Gasteiger partial charge in [0, 0.05) is 43.7 Å². The molecule has 3 atom stereocenters. The van der Waals surface area contributed by atoms with Crippen LogP contribution in [-0.2, 0) is 11.3 Å². The largest absolute Gasteiger partial charge is 0.348 e. The molecule has 0 aromatic carbocycles. The van der Waals surface area contributed by atoms with E-state index in [2.05, 4.69) is 10.6 Å². The van der Waals surface area contributed by atoms with Gasteiger partial charge in [-0.05, 0) is 30.6 Å². The predicted molar refractivity (Wildman–Crippen MR) is 111 cm³/mol. The first kappa shape index (κ1) is 20.7. The van der Waals surface area contributed by atoms with E-state index < -0.39 is 9.96 Å². The lowest BCUT2D eigenvalue weighted by Crippen LogP contribution is -2.60. The number of thiocarbonyl (C=S) groups is 1. The number of hydrogen-bond acceptors (Lipinski definition) is 3. The number of carbonyl (C=O) groups is 1. The summed E-state index contributed by atoms with van der Waals surface area (Å²) in [5.41, 5.74) is 1.07. The summed E-state index contributed by atoms with van der Waals surface area (Å²) in [7, 11) is 0. The van der Waals surface area contributed by atoms with Crippen LogP contribution in [0.2, 0.25) is 0 Å². The van der Waals surface area contributed by atoms with Crippen molar-refractivity contribution in [1.82, 2.24) is 20.1 Å². The Kier molecular flexibility index (Phi) is 6.25. The van der Waals surface area contributed by atoms with E-state index in [9.17, 15) is 9.59 Å². The van der Waals surface area contributed by atoms with Crippen molar-refractivity contribution in [2.45, 2.75) is 42.2 Å². The van der Waals surface area contributed by atoms with Crippen molar-refractivity contribution in [2.75, 3.05) is 13.1 Å². The van der Waals surface area contributed by atoms with Gasteiger partial charge in [0.2, 0.25) is 9.70 Å². The van der Waals surface area contributed by atoms with Crippen molar-refractivity contribution in [3.05, 3.63) is 34.2 Å². The maximum absolute atomic E-state index is 12.1. The lowest BCUT2D eigenvalue weighted by atomic mass is 9.83. The molecule has 1 fully saturated rings. The minimum Gasteiger partial charge on any atom is -0.348 e. The van der Waals surface area contributed by atoms with Gasteiger partial charge < -0.3 is 20.1 Å². The van der Waals surface area contributed by atoms with E-state index in [0.29, 0.717) is 30.7 Å². The molecular weight excluding hydrogens is 431 g/mol. The van der Waals surface area contributed by atoms with E-state index in [1.165, 1.54) is 0 Å². The van der Waals surface area contributed by atoms with Crippen molar-refractivity contribution in [3.63, 3.8) is 0 Å². The lowest BCUT2D eigenvalue weighted by molar-refractivity contribution is -0.121. The number of hydrogen-bond donors (Lipinski definition) is 2. The zero-order chi connectivity index (χ0) is 19.8. The SMILES string of the molecule is CCC(=O)NC(NC(=S)N1C[C@H]2C[C@@H](C1)c1cccc(=O)n1C2)C(Cl)(Cl)Cl. The van der Waals surface area contributed by atoms with Crippen molar-refractivity contribution in [3.8, 4) is 0 Å². The molecule has 6 nitrogen and oxygen atoms in total. The summed E-state index contributed by atoms with van der Waals surface area (Å²) in [5.74, 6) is 0.278. The Balaban J connectivity index is 1.73. The second-order valence-electron chi connectivity index (χ2n) is 6.95. The zero-order valence-electron chi connectivity index (χ0n) is 14.8. The smallest absolute Gasteiger partial charge is 0.250 e. The van der Waals surface area contributed by atoms with Crippen LogP contribution >= 0.6 is 47.0 Å². The molecular formula is C17H21Cl3N4O2S. The van der Waals surface area contributed by atoms with Gasteiger partial charge in [-0.1, -0.05) is 47.8 Å². The van der Waals surface area contributed by atoms with E-state index >= 15 is 0 Å². The van der Waals surface area contributed by atoms with Crippen molar-refractivity contribution in [2.24, 2.45) is 5.92 Å². The van der Waals surface area contributed by atoms with Crippen LogP contribution in [0.5, 0.6) is 0 Å². The maximum atomic E-state index is 12.1. The van der Waals surface area contributed by atoms with Gasteiger partial charge in [0.15, 0.2) is 5.11 Å². The Hall–Kier alpha value is -1.02. The Morgan fingerprint density at radius 2 is 2.04 bits per heavy atom. The number of fused-ring (bicyclic) bond motifs is 4. The van der Waals surface area contributed by atoms with Gasteiger partial charge in [-0.25, -0.2) is 0 Å². The number of pyridine rings is 1. The van der Waals surface area contributed by atoms with Gasteiger partial charge in [-0.2, -0.15) is 0 Å². The molecule has 27 heavy (non-hydrogen) atoms. The van der Waals surface area contributed by atoms with E-state index in [4.69, 9.17) is 47.0 Å². The number of nitrogens with one attached hydrogen (secondary N) is 2. The fraction of sp³-hybridized carbons (Fsp3) is 0.588. The van der Waals surface area contributed by atoms with Crippen LogP contribution in [-0.4, -0.2) is 43.5 Å². The standard InChI is InChI=1S/C17H21Cl3N4O2S/c1-2-13(25)21-15(17(18,19)20)22-16(27)23-7-10-6-11(9-23)12-4-3-5-14(26)24(12)8-10/h3-5,10-11,15H,2,6-9H2,1H3,(H,21,25)(H,22,27)/t10-,11+,15?/m1/s1. The summed E-state index contributed by atoms with van der Waals surface area (Å²) < 4.78 is 0.110. The Morgan fingerprint density at radius 3 is 2.70 bits per heavy atom. The van der Waals surface area contributed by atoms with E-state index in [1.54, 1.807) is 19.1 Å². The van der Waals surface area contributed by atoms with Crippen LogP contribution in [0.4, 0.5) is 0 Å². The molecule has 2 aliphatic rings. The van der Waals surface area contributed by atoms with Crippen LogP contribution in [0.3, 0.4) is 0 Å². The fourth-order valence-corrected chi connectivity index (χ4v) is 4.33. The third-order valence-corrected chi connectivity index (χ3v) is 6.02. The fourth-order valence-electron chi connectivity index (χ4n) is 3.74. The number of alkyl halides is 3. The summed E-state index contributed by atoms with van der Waals surface area (Å²) in [6.07, 6.45) is 0.354. The van der Waals surface area contributed by atoms with E-state index in [1.807, 2.05) is 15.5 Å². The van der Waals surface area contributed by atoms with Gasteiger partial charge >= 0.3 is 0 Å². The molecule has 2 aliphatic heterocycles. The molecule has 1 saturated heterocycles. The Morgan fingerprint density at radius 1 is 1.30 bits per heavy atom. The molecule has 3 heterocycles. The third-order valence-electron chi connectivity index (χ3n) is 4.99. The zero-order valence-corrected chi connectivity index (χ0v) is 17.8. The molecule has 0 saturated carbocycles. The van der Waals surface area contributed by atoms with Crippen molar-refractivity contribution in [1.29, 1.82) is 0 Å². The summed E-state index contributed by atoms with van der Waals surface area (Å²) in [6.45, 7) is 3.76. The van der Waals surface area contributed by atoms with Gasteiger partial charge in [-0.15, -0.1) is 0 Å². The van der Waals surface area contributed by atoms with Gasteiger partial charge in [0.25, 0.3) is 5.56 Å². The first-order valence-electron chi connectivity index (χ1n) is 8.80. The highest BCUT2D eigenvalue weighted by molar-refractivity contribution is 7.80. The quantitative estimate of drug-likeness (QED) is 0.420. The van der Waals surface area contributed by atoms with Crippen molar-refractivity contribution < 1.29 is 4.79 Å². The highest BCUT2D eigenvalue weighted by Crippen LogP contribution is 2.35. The summed E-state index contributed by atoms with van der Waals surface area (Å²) in [4.78, 5) is 25.9. The molecule has 10 heteroatoms. The topological polar surface area (TPSA) is 66.4 Å². The van der Waals surface area contributed by atoms with Crippen LogP contribution < -0.4 is 16.2 Å². The highest BCUT2D eigenvalue weighted by atomic mass is 35.6. The second-order valence-corrected chi connectivity index (χ2v) is 9.70. The summed E-state index contributed by atoms with van der Waals surface area (Å²) in [5, 5.41) is 6.04. The Bertz CT molecular complexity index is 795. The molecule has 1 amide bonds. The average molecular weight is 452 g/mol. The molecule has 148 valence electrons. The molecule has 1 aromatic rings. The molecule has 0 aliphatic carbocycles. The maximum Gasteiger partial charge on any atom is 0.250 e. The highest BCUT2D eigenvalue weighted by Gasteiger charge is 2.38. The van der Waals surface area contributed by atoms with Crippen LogP contribution in [0.25, 0.3) is 0 Å². The minimum absolute atomic E-state index is 0.0369. The van der Waals surface area contributed by atoms with Crippen LogP contribution in [0, 0.1) is 5.92 Å². The predicted octanol–water partition coefficient (Wildman–Crippen LogP) is 2.36. The first-order valence-corrected chi connectivity index (χ1v) is 10.3. The second kappa shape index (κ2) is 8.15. The lowest BCUT2D eigenvalue weighted by Gasteiger charge is -2.44. The molecule has 1 aromatic heterocycles. The monoisotopic (exact) mass is 450 g/mol. The number of carbonyl (C=O) groups excluding carboxylic acids is 1. The molecule has 2 N–H and O–H groups in total. The molecule has 0 spiro atoms. The minimum atomic E-state index is -1.75. The van der Waals surface area contributed by atoms with Crippen LogP contribution in [0.1, 0.15) is 31.4 Å². The number of rotatable bonds is 3. The number of amides is 1. The number of halogens is 3. The number of piperidine rings is 1. The molecule has 0 radical (unpaired) electrons. The van der Waals surface area contributed by atoms with Gasteiger partial charge in [0.1, 0.15) is 6.17 Å². The van der Waals surface area contributed by atoms with Crippen molar-refractivity contribution >= 4 is 58.0 Å².